The standard InChI is InChI=1S/C31H31F5N4O8Si/c1-49(2,3)11-10-44-18-39-14-22(30(15-45-16-30)46-17-31(34,35)36)26-25(8-9-37-28(26)39)48-27-23(32)12-19(13-24(27)33)38-29(41)47-21-6-4-20(5-7-21)40(42)43/h4-9,12-14H,10-11,15-18H2,1-3H3,(H,38,41). The van der Waals surface area contributed by atoms with Gasteiger partial charge in [0.05, 0.1) is 29.2 Å². The third-order valence-electron chi connectivity index (χ3n) is 7.33. The van der Waals surface area contributed by atoms with Crippen molar-refractivity contribution in [2.24, 2.45) is 0 Å². The van der Waals surface area contributed by atoms with Gasteiger partial charge < -0.3 is 28.3 Å². The van der Waals surface area contributed by atoms with Gasteiger partial charge in [-0.15, -0.1) is 0 Å². The van der Waals surface area contributed by atoms with Crippen LogP contribution < -0.4 is 14.8 Å². The highest BCUT2D eigenvalue weighted by Gasteiger charge is 2.47. The van der Waals surface area contributed by atoms with E-state index in [1.165, 1.54) is 30.6 Å². The Kier molecular flexibility index (Phi) is 10.2. The molecular weight excluding hydrogens is 679 g/mol. The number of nitro groups is 1. The van der Waals surface area contributed by atoms with E-state index >= 15 is 8.78 Å². The summed E-state index contributed by atoms with van der Waals surface area (Å²) in [5, 5.41) is 13.1. The summed E-state index contributed by atoms with van der Waals surface area (Å²) in [4.78, 5) is 26.8. The summed E-state index contributed by atoms with van der Waals surface area (Å²) in [5.41, 5.74) is -1.74. The quantitative estimate of drug-likeness (QED) is 0.0486. The number of alkyl halides is 3. The van der Waals surface area contributed by atoms with Crippen molar-refractivity contribution < 1.29 is 55.4 Å². The van der Waals surface area contributed by atoms with E-state index in [1.807, 2.05) is 0 Å². The third kappa shape index (κ3) is 8.69. The fourth-order valence-corrected chi connectivity index (χ4v) is 5.56. The van der Waals surface area contributed by atoms with Crippen LogP contribution in [0.4, 0.5) is 38.1 Å². The van der Waals surface area contributed by atoms with Gasteiger partial charge in [0.15, 0.2) is 17.4 Å². The first-order valence-corrected chi connectivity index (χ1v) is 18.5. The molecule has 0 atom stereocenters. The van der Waals surface area contributed by atoms with Crippen LogP contribution in [-0.4, -0.2) is 61.2 Å². The van der Waals surface area contributed by atoms with Crippen molar-refractivity contribution in [1.29, 1.82) is 0 Å². The predicted octanol–water partition coefficient (Wildman–Crippen LogP) is 7.74. The van der Waals surface area contributed by atoms with E-state index in [4.69, 9.17) is 23.7 Å². The Morgan fingerprint density at radius 2 is 1.80 bits per heavy atom. The molecule has 1 fully saturated rings. The second-order valence-corrected chi connectivity index (χ2v) is 18.0. The Morgan fingerprint density at radius 1 is 1.12 bits per heavy atom. The van der Waals surface area contributed by atoms with Crippen LogP contribution in [0.3, 0.4) is 0 Å². The molecule has 18 heteroatoms. The number of benzene rings is 2. The number of non-ortho nitro benzene ring substituents is 1. The summed E-state index contributed by atoms with van der Waals surface area (Å²) in [6, 6.07) is 8.22. The number of pyridine rings is 1. The average Bonchev–Trinajstić information content (AvgIpc) is 3.35. The first kappa shape index (κ1) is 35.6. The Labute approximate surface area is 276 Å². The lowest BCUT2D eigenvalue weighted by atomic mass is 9.91. The zero-order valence-corrected chi connectivity index (χ0v) is 27.4. The number of aromatic nitrogens is 2. The van der Waals surface area contributed by atoms with Crippen LogP contribution in [0.15, 0.2) is 54.9 Å². The molecule has 0 spiro atoms. The first-order valence-electron chi connectivity index (χ1n) is 14.8. The topological polar surface area (TPSA) is 136 Å². The number of amides is 1. The molecular formula is C31H31F5N4O8Si. The summed E-state index contributed by atoms with van der Waals surface area (Å²) in [5.74, 6) is -3.55. The van der Waals surface area contributed by atoms with Gasteiger partial charge in [-0.3, -0.25) is 15.4 Å². The minimum Gasteiger partial charge on any atom is -0.450 e. The van der Waals surface area contributed by atoms with Gasteiger partial charge in [0.2, 0.25) is 0 Å². The smallest absolute Gasteiger partial charge is 0.417 e. The van der Waals surface area contributed by atoms with Gasteiger partial charge in [0.1, 0.15) is 36.1 Å². The monoisotopic (exact) mass is 710 g/mol. The van der Waals surface area contributed by atoms with E-state index in [0.29, 0.717) is 6.61 Å². The third-order valence-corrected chi connectivity index (χ3v) is 9.04. The molecule has 0 unspecified atom stereocenters. The van der Waals surface area contributed by atoms with Crippen LogP contribution in [0.1, 0.15) is 5.56 Å². The molecule has 4 aromatic rings. The van der Waals surface area contributed by atoms with E-state index in [9.17, 15) is 28.1 Å². The molecule has 0 aliphatic carbocycles. The summed E-state index contributed by atoms with van der Waals surface area (Å²) in [6.07, 6.45) is -2.97. The van der Waals surface area contributed by atoms with E-state index in [2.05, 4.69) is 29.9 Å². The molecule has 1 aliphatic rings. The number of carbonyl (C=O) groups is 1. The number of ether oxygens (including phenoxy) is 5. The van der Waals surface area contributed by atoms with Gasteiger partial charge in [-0.05, 0) is 24.2 Å². The van der Waals surface area contributed by atoms with Crippen LogP contribution in [0.5, 0.6) is 17.2 Å². The lowest BCUT2D eigenvalue weighted by molar-refractivity contribution is -0.384. The summed E-state index contributed by atoms with van der Waals surface area (Å²) >= 11 is 0. The Hall–Kier alpha value is -4.65. The maximum atomic E-state index is 15.3. The molecule has 12 nitrogen and oxygen atoms in total. The van der Waals surface area contributed by atoms with Gasteiger partial charge in [-0.25, -0.2) is 18.6 Å². The number of anilines is 1. The van der Waals surface area contributed by atoms with E-state index in [-0.39, 0.29) is 59.4 Å². The number of nitro benzene ring substituents is 1. The van der Waals surface area contributed by atoms with Gasteiger partial charge in [0.25, 0.3) is 5.69 Å². The average molecular weight is 711 g/mol. The maximum Gasteiger partial charge on any atom is 0.417 e. The van der Waals surface area contributed by atoms with Crippen molar-refractivity contribution in [3.05, 3.63) is 82.2 Å². The number of carbonyl (C=O) groups excluding carboxylic acids is 1. The number of halogens is 5. The van der Waals surface area contributed by atoms with Crippen LogP contribution in [0.2, 0.25) is 25.7 Å². The van der Waals surface area contributed by atoms with Crippen molar-refractivity contribution in [1.82, 2.24) is 9.55 Å². The van der Waals surface area contributed by atoms with Crippen LogP contribution in [0.25, 0.3) is 11.0 Å². The number of rotatable bonds is 13. The van der Waals surface area contributed by atoms with E-state index in [1.54, 1.807) is 4.57 Å². The molecule has 2 aromatic heterocycles. The molecule has 2 aromatic carbocycles. The van der Waals surface area contributed by atoms with Crippen LogP contribution in [0, 0.1) is 21.7 Å². The molecule has 1 amide bonds. The minimum absolute atomic E-state index is 0.0211. The molecule has 1 aliphatic heterocycles. The number of hydrogen-bond donors (Lipinski definition) is 1. The second kappa shape index (κ2) is 14.1. The van der Waals surface area contributed by atoms with Gasteiger partial charge in [0, 0.05) is 56.9 Å². The van der Waals surface area contributed by atoms with E-state index in [0.717, 1.165) is 30.3 Å². The molecule has 49 heavy (non-hydrogen) atoms. The molecule has 3 heterocycles. The lowest BCUT2D eigenvalue weighted by Gasteiger charge is -2.41. The summed E-state index contributed by atoms with van der Waals surface area (Å²) in [7, 11) is -1.43. The molecule has 262 valence electrons. The molecule has 5 rings (SSSR count). The lowest BCUT2D eigenvalue weighted by Crippen LogP contribution is -2.50. The number of nitrogens with one attached hydrogen (secondary N) is 1. The number of hydrogen-bond acceptors (Lipinski definition) is 9. The van der Waals surface area contributed by atoms with Crippen molar-refractivity contribution in [2.45, 2.75) is 44.2 Å². The first-order chi connectivity index (χ1) is 23.0. The minimum atomic E-state index is -4.64. The van der Waals surface area contributed by atoms with E-state index < -0.39 is 54.9 Å². The van der Waals surface area contributed by atoms with Gasteiger partial charge >= 0.3 is 12.3 Å². The Bertz CT molecular complexity index is 1820. The van der Waals surface area contributed by atoms with Crippen molar-refractivity contribution in [2.75, 3.05) is 31.7 Å². The molecule has 1 N–H and O–H groups in total. The van der Waals surface area contributed by atoms with Crippen molar-refractivity contribution in [3.8, 4) is 17.2 Å². The second-order valence-electron chi connectivity index (χ2n) is 12.4. The van der Waals surface area contributed by atoms with Gasteiger partial charge in [-0.2, -0.15) is 13.2 Å². The highest BCUT2D eigenvalue weighted by molar-refractivity contribution is 6.76. The van der Waals surface area contributed by atoms with Crippen molar-refractivity contribution >= 4 is 36.6 Å². The SMILES string of the molecule is C[Si](C)(C)CCOCn1cc(C2(OCC(F)(F)F)COC2)c2c(Oc3c(F)cc(NC(=O)Oc4ccc([N+](=O)[O-])cc4)cc3F)ccnc21. The fourth-order valence-electron chi connectivity index (χ4n) is 4.81. The highest BCUT2D eigenvalue weighted by Crippen LogP contribution is 2.44. The molecule has 0 saturated carbocycles. The largest absolute Gasteiger partial charge is 0.450 e. The molecule has 1 saturated heterocycles. The van der Waals surface area contributed by atoms with Crippen LogP contribution >= 0.6 is 0 Å². The molecule has 0 bridgehead atoms. The summed E-state index contributed by atoms with van der Waals surface area (Å²) in [6.45, 7) is 4.91. The molecule has 0 radical (unpaired) electrons. The number of fused-ring (bicyclic) bond motifs is 1. The zero-order chi connectivity index (χ0) is 35.6. The highest BCUT2D eigenvalue weighted by atomic mass is 28.3. The normalized spacial score (nSPS) is 14.4. The maximum absolute atomic E-state index is 15.3. The van der Waals surface area contributed by atoms with Crippen LogP contribution in [-0.2, 0) is 26.5 Å². The predicted molar refractivity (Wildman–Crippen MR) is 168 cm³/mol. The Morgan fingerprint density at radius 3 is 2.37 bits per heavy atom. The fraction of sp³-hybridized carbons (Fsp3) is 0.355. The van der Waals surface area contributed by atoms with Gasteiger partial charge in [-0.1, -0.05) is 19.6 Å². The summed E-state index contributed by atoms with van der Waals surface area (Å²) < 4.78 is 99.1. The Balaban J connectivity index is 1.42. The van der Waals surface area contributed by atoms with Crippen molar-refractivity contribution in [3.63, 3.8) is 0 Å². The zero-order valence-electron chi connectivity index (χ0n) is 26.4. The number of nitrogens with zero attached hydrogens (tertiary/aromatic N) is 3.